The van der Waals surface area contributed by atoms with Crippen molar-refractivity contribution in [3.05, 3.63) is 22.5 Å². The van der Waals surface area contributed by atoms with Gasteiger partial charge in [0.1, 0.15) is 5.15 Å². The van der Waals surface area contributed by atoms with E-state index in [9.17, 15) is 9.59 Å². The second kappa shape index (κ2) is 8.58. The third kappa shape index (κ3) is 5.89. The summed E-state index contributed by atoms with van der Waals surface area (Å²) >= 11 is 6.27. The van der Waals surface area contributed by atoms with Crippen LogP contribution in [0.2, 0.25) is 5.15 Å². The number of amides is 1. The number of nitrogens with one attached hydrogen (secondary N) is 1. The number of carbonyl (C=O) groups is 2. The molecule has 7 heteroatoms. The summed E-state index contributed by atoms with van der Waals surface area (Å²) in [6.45, 7) is 7.04. The van der Waals surface area contributed by atoms with Crippen molar-refractivity contribution in [1.29, 1.82) is 0 Å². The average molecular weight is 328 g/mol. The molecule has 6 nitrogen and oxygen atoms in total. The Balaban J connectivity index is 2.60. The summed E-state index contributed by atoms with van der Waals surface area (Å²) < 4.78 is 1.73. The van der Waals surface area contributed by atoms with Crippen LogP contribution in [0.4, 0.5) is 0 Å². The van der Waals surface area contributed by atoms with Gasteiger partial charge in [-0.2, -0.15) is 5.10 Å². The molecule has 2 N–H and O–H groups in total. The van der Waals surface area contributed by atoms with Crippen LogP contribution in [0.25, 0.3) is 6.08 Å². The molecule has 0 saturated heterocycles. The van der Waals surface area contributed by atoms with Crippen molar-refractivity contribution in [2.45, 2.75) is 40.2 Å². The quantitative estimate of drug-likeness (QED) is 0.567. The number of carbonyl (C=O) groups excluding carboxylic acids is 1. The van der Waals surface area contributed by atoms with E-state index in [4.69, 9.17) is 16.7 Å². The van der Waals surface area contributed by atoms with Gasteiger partial charge in [0, 0.05) is 31.1 Å². The molecule has 0 aromatic carbocycles. The van der Waals surface area contributed by atoms with E-state index in [1.807, 2.05) is 6.92 Å². The number of rotatable bonds is 8. The highest BCUT2D eigenvalue weighted by Crippen LogP contribution is 2.22. The van der Waals surface area contributed by atoms with Crippen molar-refractivity contribution in [2.75, 3.05) is 6.54 Å². The van der Waals surface area contributed by atoms with Gasteiger partial charge in [0.2, 0.25) is 5.91 Å². The van der Waals surface area contributed by atoms with Gasteiger partial charge in [-0.3, -0.25) is 14.3 Å². The van der Waals surface area contributed by atoms with Crippen molar-refractivity contribution in [1.82, 2.24) is 15.1 Å². The molecule has 0 saturated carbocycles. The molecule has 0 fully saturated rings. The Morgan fingerprint density at radius 2 is 2.14 bits per heavy atom. The molecule has 1 heterocycles. The lowest BCUT2D eigenvalue weighted by Gasteiger charge is -2.05. The van der Waals surface area contributed by atoms with Gasteiger partial charge in [-0.15, -0.1) is 0 Å². The zero-order valence-electron chi connectivity index (χ0n) is 13.1. The number of halogens is 1. The number of nitrogens with zero attached hydrogens (tertiary/aromatic N) is 2. The summed E-state index contributed by atoms with van der Waals surface area (Å²) in [5.74, 6) is -0.728. The normalized spacial score (nSPS) is 11.3. The van der Waals surface area contributed by atoms with Gasteiger partial charge in [-0.05, 0) is 25.3 Å². The molecule has 1 aromatic heterocycles. The van der Waals surface area contributed by atoms with Crippen LogP contribution in [0.5, 0.6) is 0 Å². The van der Waals surface area contributed by atoms with E-state index in [0.717, 1.165) is 17.8 Å². The summed E-state index contributed by atoms with van der Waals surface area (Å²) in [5.41, 5.74) is 1.49. The second-order valence-corrected chi connectivity index (χ2v) is 5.85. The molecule has 0 aliphatic heterocycles. The first-order valence-corrected chi connectivity index (χ1v) is 7.59. The highest BCUT2D eigenvalue weighted by Gasteiger charge is 2.12. The van der Waals surface area contributed by atoms with E-state index in [0.29, 0.717) is 24.0 Å². The largest absolute Gasteiger partial charge is 0.481 e. The van der Waals surface area contributed by atoms with E-state index < -0.39 is 5.97 Å². The summed E-state index contributed by atoms with van der Waals surface area (Å²) in [4.78, 5) is 22.0. The van der Waals surface area contributed by atoms with Crippen LogP contribution >= 0.6 is 11.6 Å². The maximum absolute atomic E-state index is 11.7. The van der Waals surface area contributed by atoms with Crippen LogP contribution in [0.15, 0.2) is 6.08 Å². The fraction of sp³-hybridized carbons (Fsp3) is 0.533. The van der Waals surface area contributed by atoms with Crippen molar-refractivity contribution in [3.8, 4) is 0 Å². The van der Waals surface area contributed by atoms with E-state index in [2.05, 4.69) is 24.3 Å². The molecule has 1 aromatic rings. The van der Waals surface area contributed by atoms with Crippen LogP contribution in [-0.4, -0.2) is 33.3 Å². The molecule has 0 unspecified atom stereocenters. The van der Waals surface area contributed by atoms with Crippen LogP contribution in [0.3, 0.4) is 0 Å². The zero-order valence-corrected chi connectivity index (χ0v) is 13.9. The smallest absolute Gasteiger partial charge is 0.303 e. The molecule has 122 valence electrons. The number of aryl methyl sites for hydroxylation is 1. The molecular formula is C15H22ClN3O3. The Kier molecular flexibility index (Phi) is 7.11. The van der Waals surface area contributed by atoms with Crippen molar-refractivity contribution in [2.24, 2.45) is 5.92 Å². The Bertz CT molecular complexity index is 565. The third-order valence-electron chi connectivity index (χ3n) is 2.92. The monoisotopic (exact) mass is 327 g/mol. The summed E-state index contributed by atoms with van der Waals surface area (Å²) in [6.07, 6.45) is 3.46. The van der Waals surface area contributed by atoms with Gasteiger partial charge >= 0.3 is 5.97 Å². The molecule has 0 aliphatic rings. The van der Waals surface area contributed by atoms with Gasteiger partial charge < -0.3 is 10.4 Å². The lowest BCUT2D eigenvalue weighted by molar-refractivity contribution is -0.137. The molecule has 0 radical (unpaired) electrons. The first-order valence-electron chi connectivity index (χ1n) is 7.22. The molecular weight excluding hydrogens is 306 g/mol. The second-order valence-electron chi connectivity index (χ2n) is 5.49. The van der Waals surface area contributed by atoms with Gasteiger partial charge in [0.25, 0.3) is 0 Å². The first kappa shape index (κ1) is 18.2. The molecule has 0 atom stereocenters. The molecule has 1 rings (SSSR count). The fourth-order valence-corrected chi connectivity index (χ4v) is 2.20. The summed E-state index contributed by atoms with van der Waals surface area (Å²) in [6, 6.07) is 0. The number of aromatic nitrogens is 2. The van der Waals surface area contributed by atoms with E-state index in [1.54, 1.807) is 10.8 Å². The Morgan fingerprint density at radius 1 is 1.45 bits per heavy atom. The highest BCUT2D eigenvalue weighted by molar-refractivity contribution is 6.31. The van der Waals surface area contributed by atoms with Gasteiger partial charge in [0.15, 0.2) is 0 Å². The summed E-state index contributed by atoms with van der Waals surface area (Å²) in [5, 5.41) is 16.0. The topological polar surface area (TPSA) is 84.2 Å². The molecule has 0 bridgehead atoms. The van der Waals surface area contributed by atoms with Gasteiger partial charge in [-0.25, -0.2) is 0 Å². The highest BCUT2D eigenvalue weighted by atomic mass is 35.5. The Morgan fingerprint density at radius 3 is 2.73 bits per heavy atom. The Hall–Kier alpha value is -1.82. The standard InChI is InChI=1S/C15H22ClN3O3/c1-10(2)9-19-15(16)12(11(3)18-19)6-7-13(20)17-8-4-5-14(21)22/h6-7,10H,4-5,8-9H2,1-3H3,(H,17,20)(H,21,22)/b7-6+. The van der Waals surface area contributed by atoms with E-state index in [-0.39, 0.29) is 12.3 Å². The van der Waals surface area contributed by atoms with Crippen LogP contribution in [-0.2, 0) is 16.1 Å². The van der Waals surface area contributed by atoms with Crippen molar-refractivity contribution in [3.63, 3.8) is 0 Å². The maximum atomic E-state index is 11.7. The number of hydrogen-bond donors (Lipinski definition) is 2. The van der Waals surface area contributed by atoms with Gasteiger partial charge in [0.05, 0.1) is 5.69 Å². The minimum Gasteiger partial charge on any atom is -0.481 e. The minimum absolute atomic E-state index is 0.0386. The zero-order chi connectivity index (χ0) is 16.7. The predicted octanol–water partition coefficient (Wildman–Crippen LogP) is 2.50. The van der Waals surface area contributed by atoms with E-state index in [1.165, 1.54) is 6.08 Å². The van der Waals surface area contributed by atoms with Crippen molar-refractivity contribution < 1.29 is 14.7 Å². The average Bonchev–Trinajstić information content (AvgIpc) is 2.66. The first-order chi connectivity index (χ1) is 10.3. The molecule has 22 heavy (non-hydrogen) atoms. The number of carboxylic acids is 1. The number of hydrogen-bond acceptors (Lipinski definition) is 3. The summed E-state index contributed by atoms with van der Waals surface area (Å²) in [7, 11) is 0. The minimum atomic E-state index is -0.871. The maximum Gasteiger partial charge on any atom is 0.303 e. The van der Waals surface area contributed by atoms with Gasteiger partial charge in [-0.1, -0.05) is 25.4 Å². The number of aliphatic carboxylic acids is 1. The lowest BCUT2D eigenvalue weighted by Crippen LogP contribution is -2.22. The number of carboxylic acid groups (broad SMARTS) is 1. The molecule has 0 spiro atoms. The van der Waals surface area contributed by atoms with Crippen LogP contribution < -0.4 is 5.32 Å². The van der Waals surface area contributed by atoms with E-state index >= 15 is 0 Å². The predicted molar refractivity (Wildman–Crippen MR) is 85.7 cm³/mol. The molecule has 1 amide bonds. The SMILES string of the molecule is Cc1nn(CC(C)C)c(Cl)c1/C=C/C(=O)NCCCC(=O)O. The van der Waals surface area contributed by atoms with Crippen LogP contribution in [0, 0.1) is 12.8 Å². The molecule has 0 aliphatic carbocycles. The lowest BCUT2D eigenvalue weighted by atomic mass is 10.2. The fourth-order valence-electron chi connectivity index (χ4n) is 1.89. The third-order valence-corrected chi connectivity index (χ3v) is 3.31. The Labute approximate surface area is 135 Å². The van der Waals surface area contributed by atoms with Crippen molar-refractivity contribution >= 4 is 29.6 Å². The van der Waals surface area contributed by atoms with Crippen LogP contribution in [0.1, 0.15) is 37.9 Å².